The number of rotatable bonds is 4. The number of nitrogens with zero attached hydrogens (tertiary/aromatic N) is 1. The zero-order valence-electron chi connectivity index (χ0n) is 13.2. The molecule has 0 radical (unpaired) electrons. The third-order valence-corrected chi connectivity index (χ3v) is 5.28. The average Bonchev–Trinajstić information content (AvgIpc) is 3.16. The van der Waals surface area contributed by atoms with E-state index in [1.807, 2.05) is 30.5 Å². The van der Waals surface area contributed by atoms with Crippen LogP contribution in [-0.2, 0) is 5.75 Å². The van der Waals surface area contributed by atoms with Gasteiger partial charge in [-0.05, 0) is 30.5 Å². The molecule has 0 aliphatic rings. The number of hydrogen-bond acceptors (Lipinski definition) is 5. The summed E-state index contributed by atoms with van der Waals surface area (Å²) < 4.78 is 19.8. The maximum absolute atomic E-state index is 13.3. The van der Waals surface area contributed by atoms with Crippen LogP contribution in [0.2, 0.25) is 0 Å². The number of anilines is 1. The summed E-state index contributed by atoms with van der Waals surface area (Å²) >= 11 is 2.85. The summed E-state index contributed by atoms with van der Waals surface area (Å²) in [6.45, 7) is 0. The predicted molar refractivity (Wildman–Crippen MR) is 101 cm³/mol. The molecule has 0 atom stereocenters. The fourth-order valence-corrected chi connectivity index (χ4v) is 4.14. The molecule has 2 aromatic heterocycles. The number of aromatic nitrogens is 1. The Morgan fingerprint density at radius 3 is 3.00 bits per heavy atom. The number of carbonyl (C=O) groups excluding carboxylic acids is 1. The maximum Gasteiger partial charge on any atom is 0.293 e. The number of fused-ring (bicyclic) bond motifs is 2. The molecule has 0 unspecified atom stereocenters. The minimum atomic E-state index is -0.347. The van der Waals surface area contributed by atoms with E-state index in [-0.39, 0.29) is 11.7 Å². The second-order valence-electron chi connectivity index (χ2n) is 5.42. The second-order valence-corrected chi connectivity index (χ2v) is 7.32. The molecule has 126 valence electrons. The number of halogens is 1. The van der Waals surface area contributed by atoms with Gasteiger partial charge in [-0.25, -0.2) is 9.37 Å². The molecule has 2 heterocycles. The normalized spacial score (nSPS) is 11.3. The van der Waals surface area contributed by atoms with Gasteiger partial charge in [0.1, 0.15) is 11.4 Å². The number of furan rings is 1. The molecule has 0 aliphatic carbocycles. The standard InChI is InChI=1S/C18H13FN2O2S2/c1-24-9-12-11-4-2-3-5-14(11)23-16(12)17(22)21-18-20-13-7-6-10(19)8-15(13)25-18/h2-8H,9H2,1H3,(H,20,21,22). The molecule has 4 aromatic rings. The molecule has 0 bridgehead atoms. The lowest BCUT2D eigenvalue weighted by Gasteiger charge is -2.01. The van der Waals surface area contributed by atoms with E-state index in [2.05, 4.69) is 10.3 Å². The largest absolute Gasteiger partial charge is 0.451 e. The van der Waals surface area contributed by atoms with E-state index in [9.17, 15) is 9.18 Å². The van der Waals surface area contributed by atoms with Crippen molar-refractivity contribution in [1.29, 1.82) is 0 Å². The first-order valence-electron chi connectivity index (χ1n) is 7.52. The second kappa shape index (κ2) is 6.50. The first-order chi connectivity index (χ1) is 12.2. The summed E-state index contributed by atoms with van der Waals surface area (Å²) in [5.74, 6) is 0.291. The van der Waals surface area contributed by atoms with E-state index in [0.717, 1.165) is 10.9 Å². The molecule has 4 rings (SSSR count). The SMILES string of the molecule is CSCc1c(C(=O)Nc2nc3ccc(F)cc3s2)oc2ccccc12. The van der Waals surface area contributed by atoms with Crippen LogP contribution in [-0.4, -0.2) is 17.1 Å². The van der Waals surface area contributed by atoms with Crippen LogP contribution in [0.25, 0.3) is 21.2 Å². The van der Waals surface area contributed by atoms with E-state index in [1.54, 1.807) is 17.8 Å². The maximum atomic E-state index is 13.3. The third kappa shape index (κ3) is 3.01. The highest BCUT2D eigenvalue weighted by atomic mass is 32.2. The zero-order valence-corrected chi connectivity index (χ0v) is 14.8. The summed E-state index contributed by atoms with van der Waals surface area (Å²) in [4.78, 5) is 17.0. The highest BCUT2D eigenvalue weighted by Crippen LogP contribution is 2.31. The smallest absolute Gasteiger partial charge is 0.293 e. The quantitative estimate of drug-likeness (QED) is 0.528. The van der Waals surface area contributed by atoms with Crippen LogP contribution in [0.3, 0.4) is 0 Å². The molecular formula is C18H13FN2O2S2. The Kier molecular flexibility index (Phi) is 4.19. The lowest BCUT2D eigenvalue weighted by Crippen LogP contribution is -2.12. The van der Waals surface area contributed by atoms with Crippen molar-refractivity contribution in [3.8, 4) is 0 Å². The molecular weight excluding hydrogens is 359 g/mol. The number of benzene rings is 2. The van der Waals surface area contributed by atoms with Crippen molar-refractivity contribution in [2.75, 3.05) is 11.6 Å². The fourth-order valence-electron chi connectivity index (χ4n) is 2.68. The molecule has 0 aliphatic heterocycles. The van der Waals surface area contributed by atoms with Gasteiger partial charge in [0.2, 0.25) is 0 Å². The van der Waals surface area contributed by atoms with Crippen LogP contribution in [0.5, 0.6) is 0 Å². The van der Waals surface area contributed by atoms with Gasteiger partial charge in [0.25, 0.3) is 5.91 Å². The van der Waals surface area contributed by atoms with Gasteiger partial charge in [-0.1, -0.05) is 29.5 Å². The predicted octanol–water partition coefficient (Wildman–Crippen LogP) is 5.30. The van der Waals surface area contributed by atoms with Crippen LogP contribution in [0.1, 0.15) is 16.1 Å². The molecule has 4 nitrogen and oxygen atoms in total. The monoisotopic (exact) mass is 372 g/mol. The van der Waals surface area contributed by atoms with Crippen LogP contribution in [0.4, 0.5) is 9.52 Å². The number of thiazole rings is 1. The van der Waals surface area contributed by atoms with Crippen molar-refractivity contribution in [2.45, 2.75) is 5.75 Å². The van der Waals surface area contributed by atoms with Gasteiger partial charge in [0.05, 0.1) is 10.2 Å². The van der Waals surface area contributed by atoms with Gasteiger partial charge in [0, 0.05) is 16.7 Å². The van der Waals surface area contributed by atoms with E-state index in [1.165, 1.54) is 23.5 Å². The fraction of sp³-hybridized carbons (Fsp3) is 0.111. The first-order valence-corrected chi connectivity index (χ1v) is 9.73. The Bertz CT molecular complexity index is 1090. The Morgan fingerprint density at radius 1 is 1.32 bits per heavy atom. The summed E-state index contributed by atoms with van der Waals surface area (Å²) in [6.07, 6.45) is 1.98. The Hall–Kier alpha value is -2.38. The van der Waals surface area contributed by atoms with E-state index in [4.69, 9.17) is 4.42 Å². The Morgan fingerprint density at radius 2 is 2.16 bits per heavy atom. The highest BCUT2D eigenvalue weighted by molar-refractivity contribution is 7.97. The van der Waals surface area contributed by atoms with E-state index < -0.39 is 0 Å². The Balaban J connectivity index is 1.70. The zero-order chi connectivity index (χ0) is 17.4. The van der Waals surface area contributed by atoms with Crippen molar-refractivity contribution in [3.05, 3.63) is 59.6 Å². The van der Waals surface area contributed by atoms with Crippen LogP contribution in [0, 0.1) is 5.82 Å². The number of thioether (sulfide) groups is 1. The highest BCUT2D eigenvalue weighted by Gasteiger charge is 2.21. The number of hydrogen-bond donors (Lipinski definition) is 1. The number of para-hydroxylation sites is 1. The molecule has 0 saturated heterocycles. The molecule has 2 aromatic carbocycles. The van der Waals surface area contributed by atoms with Crippen molar-refractivity contribution in [3.63, 3.8) is 0 Å². The molecule has 0 saturated carbocycles. The third-order valence-electron chi connectivity index (χ3n) is 3.76. The molecule has 1 amide bonds. The summed E-state index contributed by atoms with van der Waals surface area (Å²) in [5.41, 5.74) is 2.20. The lowest BCUT2D eigenvalue weighted by atomic mass is 10.1. The first kappa shape index (κ1) is 16.1. The number of carbonyl (C=O) groups is 1. The molecule has 25 heavy (non-hydrogen) atoms. The lowest BCUT2D eigenvalue weighted by molar-refractivity contribution is 0.0998. The van der Waals surface area contributed by atoms with Crippen molar-refractivity contribution >= 4 is 55.3 Å². The summed E-state index contributed by atoms with van der Waals surface area (Å²) in [5, 5.41) is 4.13. The molecule has 7 heteroatoms. The van der Waals surface area contributed by atoms with E-state index >= 15 is 0 Å². The van der Waals surface area contributed by atoms with Crippen LogP contribution in [0.15, 0.2) is 46.9 Å². The van der Waals surface area contributed by atoms with Crippen molar-refractivity contribution in [2.24, 2.45) is 0 Å². The minimum absolute atomic E-state index is 0.293. The summed E-state index contributed by atoms with van der Waals surface area (Å²) in [7, 11) is 0. The number of nitrogens with one attached hydrogen (secondary N) is 1. The van der Waals surface area contributed by atoms with Gasteiger partial charge in [-0.15, -0.1) is 0 Å². The Labute approximate surface area is 151 Å². The number of amides is 1. The topological polar surface area (TPSA) is 55.1 Å². The minimum Gasteiger partial charge on any atom is -0.451 e. The van der Waals surface area contributed by atoms with E-state index in [0.29, 0.717) is 32.4 Å². The van der Waals surface area contributed by atoms with Gasteiger partial charge in [-0.3, -0.25) is 10.1 Å². The van der Waals surface area contributed by atoms with Crippen molar-refractivity contribution < 1.29 is 13.6 Å². The molecule has 1 N–H and O–H groups in total. The van der Waals surface area contributed by atoms with Gasteiger partial charge < -0.3 is 4.42 Å². The van der Waals surface area contributed by atoms with Crippen LogP contribution >= 0.6 is 23.1 Å². The van der Waals surface area contributed by atoms with Gasteiger partial charge >= 0.3 is 0 Å². The molecule has 0 fully saturated rings. The van der Waals surface area contributed by atoms with Crippen LogP contribution < -0.4 is 5.32 Å². The van der Waals surface area contributed by atoms with Gasteiger partial charge in [0.15, 0.2) is 10.9 Å². The van der Waals surface area contributed by atoms with Gasteiger partial charge in [-0.2, -0.15) is 11.8 Å². The average molecular weight is 372 g/mol. The molecule has 0 spiro atoms. The summed E-state index contributed by atoms with van der Waals surface area (Å²) in [6, 6.07) is 11.9. The van der Waals surface area contributed by atoms with Crippen molar-refractivity contribution in [1.82, 2.24) is 4.98 Å².